The van der Waals surface area contributed by atoms with E-state index >= 15 is 0 Å². The molecule has 1 atom stereocenters. The molecule has 0 radical (unpaired) electrons. The number of hydrogen-bond acceptors (Lipinski definition) is 7. The fraction of sp³-hybridized carbons (Fsp3) is 0.409. The highest BCUT2D eigenvalue weighted by molar-refractivity contribution is 7.99. The van der Waals surface area contributed by atoms with Crippen LogP contribution in [0.5, 0.6) is 11.5 Å². The molecule has 3 aromatic rings. The Kier molecular flexibility index (Phi) is 5.81. The average Bonchev–Trinajstić information content (AvgIpc) is 3.35. The Morgan fingerprint density at radius 2 is 2.16 bits per heavy atom. The van der Waals surface area contributed by atoms with Gasteiger partial charge in [0.05, 0.1) is 21.8 Å². The molecule has 1 aliphatic heterocycles. The van der Waals surface area contributed by atoms with E-state index in [0.717, 1.165) is 29.5 Å². The third-order valence-corrected chi connectivity index (χ3v) is 8.20. The monoisotopic (exact) mass is 491 g/mol. The summed E-state index contributed by atoms with van der Waals surface area (Å²) in [5.41, 5.74) is 1.62. The Labute approximate surface area is 198 Å². The summed E-state index contributed by atoms with van der Waals surface area (Å²) in [5.74, 6) is 1.59. The highest BCUT2D eigenvalue weighted by atomic mass is 35.5. The standard InChI is InChI=1S/C22H22ClN3O4S2/c1-3-26-21(28)19-12-5-4-11(2)6-17(12)32-20(19)25-22(26)31-9-18(27)24-14-8-16-15(7-13(14)23)29-10-30-16/h7-8,11H,3-6,9-10H2,1-2H3,(H,24,27). The van der Waals surface area contributed by atoms with Crippen molar-refractivity contribution in [1.82, 2.24) is 9.55 Å². The molecule has 5 rings (SSSR count). The molecule has 1 aliphatic carbocycles. The van der Waals surface area contributed by atoms with Crippen LogP contribution in [0.25, 0.3) is 10.2 Å². The highest BCUT2D eigenvalue weighted by Crippen LogP contribution is 2.39. The van der Waals surface area contributed by atoms with E-state index < -0.39 is 0 Å². The maximum atomic E-state index is 13.3. The molecule has 2 aromatic heterocycles. The second-order valence-corrected chi connectivity index (χ2v) is 10.4. The lowest BCUT2D eigenvalue weighted by molar-refractivity contribution is -0.113. The van der Waals surface area contributed by atoms with E-state index in [0.29, 0.717) is 39.8 Å². The molecule has 0 fully saturated rings. The van der Waals surface area contributed by atoms with Gasteiger partial charge in [-0.15, -0.1) is 11.3 Å². The van der Waals surface area contributed by atoms with Gasteiger partial charge in [0.25, 0.3) is 5.56 Å². The molecule has 1 amide bonds. The van der Waals surface area contributed by atoms with Crippen molar-refractivity contribution in [3.05, 3.63) is 37.9 Å². The maximum absolute atomic E-state index is 13.3. The predicted molar refractivity (Wildman–Crippen MR) is 128 cm³/mol. The number of nitrogens with one attached hydrogen (secondary N) is 1. The number of nitrogens with zero attached hydrogens (tertiary/aromatic N) is 2. The Balaban J connectivity index is 1.37. The van der Waals surface area contributed by atoms with Crippen LogP contribution in [0.1, 0.15) is 30.7 Å². The first-order valence-corrected chi connectivity index (χ1v) is 12.7. The lowest BCUT2D eigenvalue weighted by Crippen LogP contribution is -2.24. The van der Waals surface area contributed by atoms with Crippen molar-refractivity contribution in [2.75, 3.05) is 17.9 Å². The second kappa shape index (κ2) is 8.61. The molecule has 2 aliphatic rings. The number of rotatable bonds is 5. The Bertz CT molecular complexity index is 1290. The number of anilines is 1. The van der Waals surface area contributed by atoms with E-state index in [1.165, 1.54) is 22.2 Å². The number of hydrogen-bond donors (Lipinski definition) is 1. The number of ether oxygens (including phenoxy) is 2. The van der Waals surface area contributed by atoms with Gasteiger partial charge < -0.3 is 14.8 Å². The van der Waals surface area contributed by atoms with Crippen molar-refractivity contribution in [2.45, 2.75) is 44.8 Å². The number of amides is 1. The van der Waals surface area contributed by atoms with Gasteiger partial charge in [-0.05, 0) is 37.7 Å². The smallest absolute Gasteiger partial charge is 0.263 e. The van der Waals surface area contributed by atoms with E-state index in [1.807, 2.05) is 6.92 Å². The summed E-state index contributed by atoms with van der Waals surface area (Å²) in [6.07, 6.45) is 3.04. The fourth-order valence-corrected chi connectivity index (χ4v) is 6.61. The van der Waals surface area contributed by atoms with Crippen molar-refractivity contribution >= 4 is 56.5 Å². The van der Waals surface area contributed by atoms with Crippen LogP contribution in [0.4, 0.5) is 5.69 Å². The molecular formula is C22H22ClN3O4S2. The van der Waals surface area contributed by atoms with Gasteiger partial charge in [0.2, 0.25) is 12.7 Å². The zero-order chi connectivity index (χ0) is 22.4. The molecule has 0 spiro atoms. The second-order valence-electron chi connectivity index (χ2n) is 8.00. The van der Waals surface area contributed by atoms with Gasteiger partial charge in [-0.3, -0.25) is 14.2 Å². The summed E-state index contributed by atoms with van der Waals surface area (Å²) in [6.45, 7) is 4.80. The molecule has 0 saturated heterocycles. The van der Waals surface area contributed by atoms with E-state index in [-0.39, 0.29) is 24.0 Å². The van der Waals surface area contributed by atoms with Gasteiger partial charge in [-0.2, -0.15) is 0 Å². The number of aromatic nitrogens is 2. The summed E-state index contributed by atoms with van der Waals surface area (Å²) in [7, 11) is 0. The minimum atomic E-state index is -0.243. The molecule has 32 heavy (non-hydrogen) atoms. The number of fused-ring (bicyclic) bond motifs is 4. The Hall–Kier alpha value is -2.23. The van der Waals surface area contributed by atoms with Crippen LogP contribution in [0, 0.1) is 5.92 Å². The van der Waals surface area contributed by atoms with E-state index in [9.17, 15) is 9.59 Å². The summed E-state index contributed by atoms with van der Waals surface area (Å²) in [4.78, 5) is 32.7. The van der Waals surface area contributed by atoms with Gasteiger partial charge >= 0.3 is 0 Å². The zero-order valence-corrected chi connectivity index (χ0v) is 20.1. The molecular weight excluding hydrogens is 470 g/mol. The van der Waals surface area contributed by atoms with Crippen LogP contribution in [-0.4, -0.2) is 28.0 Å². The van der Waals surface area contributed by atoms with E-state index in [1.54, 1.807) is 28.0 Å². The fourth-order valence-electron chi connectivity index (χ4n) is 4.12. The van der Waals surface area contributed by atoms with Crippen molar-refractivity contribution in [1.29, 1.82) is 0 Å². The van der Waals surface area contributed by atoms with Gasteiger partial charge in [0.15, 0.2) is 16.7 Å². The van der Waals surface area contributed by atoms with Crippen LogP contribution >= 0.6 is 34.7 Å². The number of thiophene rings is 1. The Morgan fingerprint density at radius 1 is 1.38 bits per heavy atom. The van der Waals surface area contributed by atoms with E-state index in [2.05, 4.69) is 12.2 Å². The molecule has 0 bridgehead atoms. The molecule has 7 nitrogen and oxygen atoms in total. The van der Waals surface area contributed by atoms with Crippen molar-refractivity contribution in [3.63, 3.8) is 0 Å². The first-order chi connectivity index (χ1) is 15.4. The van der Waals surface area contributed by atoms with E-state index in [4.69, 9.17) is 26.1 Å². The normalized spacial score (nSPS) is 16.9. The van der Waals surface area contributed by atoms with Crippen molar-refractivity contribution in [3.8, 4) is 11.5 Å². The van der Waals surface area contributed by atoms with Gasteiger partial charge in [0, 0.05) is 23.6 Å². The van der Waals surface area contributed by atoms with Crippen molar-refractivity contribution < 1.29 is 14.3 Å². The first kappa shape index (κ1) is 21.6. The Morgan fingerprint density at radius 3 is 2.94 bits per heavy atom. The number of aryl methyl sites for hydroxylation is 1. The third-order valence-electron chi connectivity index (χ3n) is 5.77. The van der Waals surface area contributed by atoms with Gasteiger partial charge in [-0.25, -0.2) is 4.98 Å². The molecule has 168 valence electrons. The number of thioether (sulfide) groups is 1. The third kappa shape index (κ3) is 3.86. The predicted octanol–water partition coefficient (Wildman–Crippen LogP) is 4.72. The molecule has 1 N–H and O–H groups in total. The lowest BCUT2D eigenvalue weighted by atomic mass is 9.89. The summed E-state index contributed by atoms with van der Waals surface area (Å²) < 4.78 is 12.3. The number of carbonyl (C=O) groups is 1. The molecule has 0 saturated carbocycles. The average molecular weight is 492 g/mol. The summed E-state index contributed by atoms with van der Waals surface area (Å²) in [6, 6.07) is 3.27. The van der Waals surface area contributed by atoms with Gasteiger partial charge in [-0.1, -0.05) is 30.3 Å². The summed E-state index contributed by atoms with van der Waals surface area (Å²) >= 11 is 9.12. The number of carbonyl (C=O) groups excluding carboxylic acids is 1. The van der Waals surface area contributed by atoms with Crippen LogP contribution in [0.2, 0.25) is 5.02 Å². The zero-order valence-electron chi connectivity index (χ0n) is 17.7. The van der Waals surface area contributed by atoms with Crippen LogP contribution in [0.15, 0.2) is 22.1 Å². The largest absolute Gasteiger partial charge is 0.454 e. The number of halogens is 1. The van der Waals surface area contributed by atoms with Crippen LogP contribution in [-0.2, 0) is 24.2 Å². The molecule has 3 heterocycles. The van der Waals surface area contributed by atoms with Crippen LogP contribution < -0.4 is 20.3 Å². The molecule has 1 unspecified atom stereocenters. The quantitative estimate of drug-likeness (QED) is 0.411. The molecule has 10 heteroatoms. The highest BCUT2D eigenvalue weighted by Gasteiger charge is 2.25. The minimum absolute atomic E-state index is 0.00808. The number of benzene rings is 1. The lowest BCUT2D eigenvalue weighted by Gasteiger charge is -2.17. The molecule has 1 aromatic carbocycles. The minimum Gasteiger partial charge on any atom is -0.454 e. The summed E-state index contributed by atoms with van der Waals surface area (Å²) in [5, 5.41) is 4.50. The topological polar surface area (TPSA) is 82.5 Å². The van der Waals surface area contributed by atoms with Crippen LogP contribution in [0.3, 0.4) is 0 Å². The van der Waals surface area contributed by atoms with Gasteiger partial charge in [0.1, 0.15) is 4.83 Å². The maximum Gasteiger partial charge on any atom is 0.263 e. The first-order valence-electron chi connectivity index (χ1n) is 10.5. The van der Waals surface area contributed by atoms with Crippen molar-refractivity contribution in [2.24, 2.45) is 5.92 Å². The SMILES string of the molecule is CCn1c(SCC(=O)Nc2cc3c(cc2Cl)OCO3)nc2sc3c(c2c1=O)CCC(C)C3.